The SMILES string of the molecule is CC1=C(C(=O)Nc2ccccc2C)[C@@H](c2ccc(OCc3cccc(C)c3)cc2)n2ncnc2N1. The zero-order valence-electron chi connectivity index (χ0n) is 19.9. The van der Waals surface area contributed by atoms with Crippen LogP contribution in [0.2, 0.25) is 0 Å². The van der Waals surface area contributed by atoms with Gasteiger partial charge in [0.05, 0.1) is 5.57 Å². The number of carbonyl (C=O) groups excluding carboxylic acids is 1. The molecule has 0 bridgehead atoms. The highest BCUT2D eigenvalue weighted by molar-refractivity contribution is 6.06. The molecule has 2 heterocycles. The summed E-state index contributed by atoms with van der Waals surface area (Å²) in [6.45, 7) is 6.42. The molecule has 2 N–H and O–H groups in total. The predicted octanol–water partition coefficient (Wildman–Crippen LogP) is 5.40. The standard InChI is InChI=1S/C28H27N5O2/c1-18-7-6-9-21(15-18)16-35-23-13-11-22(12-14-23)26-25(20(3)31-28-29-17-30-33(26)28)27(34)32-24-10-5-4-8-19(24)2/h4-15,17,26H,16H2,1-3H3,(H,32,34)(H,29,30,31)/t26-/m1/s1. The number of hydrogen-bond donors (Lipinski definition) is 2. The van der Waals surface area contributed by atoms with Crippen molar-refractivity contribution in [2.75, 3.05) is 10.6 Å². The Morgan fingerprint density at radius 2 is 1.83 bits per heavy atom. The van der Waals surface area contributed by atoms with Crippen molar-refractivity contribution in [3.05, 3.63) is 113 Å². The van der Waals surface area contributed by atoms with Crippen molar-refractivity contribution in [3.63, 3.8) is 0 Å². The Labute approximate surface area is 204 Å². The van der Waals surface area contributed by atoms with Crippen molar-refractivity contribution in [1.82, 2.24) is 14.8 Å². The van der Waals surface area contributed by atoms with E-state index in [0.717, 1.165) is 33.8 Å². The maximum Gasteiger partial charge on any atom is 0.255 e. The fourth-order valence-corrected chi connectivity index (χ4v) is 4.31. The van der Waals surface area contributed by atoms with E-state index < -0.39 is 6.04 Å². The van der Waals surface area contributed by atoms with E-state index in [1.54, 1.807) is 4.68 Å². The molecule has 1 aliphatic heterocycles. The molecular weight excluding hydrogens is 438 g/mol. The second-order valence-corrected chi connectivity index (χ2v) is 8.71. The van der Waals surface area contributed by atoms with Crippen molar-refractivity contribution in [2.45, 2.75) is 33.4 Å². The van der Waals surface area contributed by atoms with Crippen LogP contribution in [-0.4, -0.2) is 20.7 Å². The smallest absolute Gasteiger partial charge is 0.255 e. The lowest BCUT2D eigenvalue weighted by molar-refractivity contribution is -0.113. The predicted molar refractivity (Wildman–Crippen MR) is 136 cm³/mol. The monoisotopic (exact) mass is 465 g/mol. The van der Waals surface area contributed by atoms with Gasteiger partial charge in [-0.1, -0.05) is 60.2 Å². The topological polar surface area (TPSA) is 81.1 Å². The van der Waals surface area contributed by atoms with Gasteiger partial charge >= 0.3 is 0 Å². The molecule has 7 nitrogen and oxygen atoms in total. The minimum absolute atomic E-state index is 0.185. The third-order valence-electron chi connectivity index (χ3n) is 6.12. The number of rotatable bonds is 6. The third-order valence-corrected chi connectivity index (χ3v) is 6.12. The van der Waals surface area contributed by atoms with Gasteiger partial charge in [0.1, 0.15) is 24.7 Å². The first-order chi connectivity index (χ1) is 17.0. The number of benzene rings is 3. The average molecular weight is 466 g/mol. The molecule has 0 saturated heterocycles. The van der Waals surface area contributed by atoms with Crippen molar-refractivity contribution < 1.29 is 9.53 Å². The molecular formula is C28H27N5O2. The first kappa shape index (κ1) is 22.4. The number of fused-ring (bicyclic) bond motifs is 1. The summed E-state index contributed by atoms with van der Waals surface area (Å²) in [7, 11) is 0. The quantitative estimate of drug-likeness (QED) is 0.398. The summed E-state index contributed by atoms with van der Waals surface area (Å²) >= 11 is 0. The molecule has 0 aliphatic carbocycles. The van der Waals surface area contributed by atoms with Crippen molar-refractivity contribution >= 4 is 17.5 Å². The first-order valence-electron chi connectivity index (χ1n) is 11.5. The summed E-state index contributed by atoms with van der Waals surface area (Å²) in [6, 6.07) is 23.4. The number of amides is 1. The summed E-state index contributed by atoms with van der Waals surface area (Å²) in [5.74, 6) is 1.17. The van der Waals surface area contributed by atoms with E-state index in [4.69, 9.17) is 4.74 Å². The van der Waals surface area contributed by atoms with E-state index in [2.05, 4.69) is 45.8 Å². The summed E-state index contributed by atoms with van der Waals surface area (Å²) < 4.78 is 7.73. The molecule has 1 aliphatic rings. The number of aryl methyl sites for hydroxylation is 2. The molecule has 1 atom stereocenters. The highest BCUT2D eigenvalue weighted by Gasteiger charge is 2.33. The number of allylic oxidation sites excluding steroid dienone is 1. The van der Waals surface area contributed by atoms with Crippen LogP contribution in [0.1, 0.15) is 35.2 Å². The van der Waals surface area contributed by atoms with Gasteiger partial charge in [0.2, 0.25) is 5.95 Å². The molecule has 3 aromatic carbocycles. The zero-order chi connectivity index (χ0) is 24.4. The second-order valence-electron chi connectivity index (χ2n) is 8.71. The highest BCUT2D eigenvalue weighted by atomic mass is 16.5. The molecule has 1 aromatic heterocycles. The maximum absolute atomic E-state index is 13.5. The number of ether oxygens (including phenoxy) is 1. The molecule has 5 rings (SSSR count). The van der Waals surface area contributed by atoms with Gasteiger partial charge in [-0.05, 0) is 55.7 Å². The highest BCUT2D eigenvalue weighted by Crippen LogP contribution is 2.36. The number of hydrogen-bond acceptors (Lipinski definition) is 5. The summed E-state index contributed by atoms with van der Waals surface area (Å²) in [6.07, 6.45) is 1.49. The number of anilines is 2. The lowest BCUT2D eigenvalue weighted by Gasteiger charge is -2.29. The molecule has 4 aromatic rings. The van der Waals surface area contributed by atoms with Gasteiger partial charge in [0, 0.05) is 11.4 Å². The second kappa shape index (κ2) is 9.46. The Balaban J connectivity index is 1.42. The Kier molecular flexibility index (Phi) is 6.06. The third kappa shape index (κ3) is 4.66. The number of nitrogens with zero attached hydrogens (tertiary/aromatic N) is 3. The van der Waals surface area contributed by atoms with E-state index in [1.807, 2.05) is 68.4 Å². The number of para-hydroxylation sites is 1. The maximum atomic E-state index is 13.5. The molecule has 176 valence electrons. The summed E-state index contributed by atoms with van der Waals surface area (Å²) in [5, 5.41) is 10.7. The van der Waals surface area contributed by atoms with Crippen LogP contribution < -0.4 is 15.4 Å². The number of carbonyl (C=O) groups is 1. The molecule has 7 heteroatoms. The summed E-state index contributed by atoms with van der Waals surface area (Å²) in [4.78, 5) is 17.8. The van der Waals surface area contributed by atoms with Gasteiger partial charge in [-0.2, -0.15) is 10.1 Å². The van der Waals surface area contributed by atoms with Crippen molar-refractivity contribution in [3.8, 4) is 5.75 Å². The number of nitrogens with one attached hydrogen (secondary N) is 2. The molecule has 1 amide bonds. The van der Waals surface area contributed by atoms with Crippen LogP contribution in [0.15, 0.2) is 90.4 Å². The van der Waals surface area contributed by atoms with Gasteiger partial charge < -0.3 is 15.4 Å². The lowest BCUT2D eigenvalue weighted by Crippen LogP contribution is -2.31. The molecule has 0 unspecified atom stereocenters. The van der Waals surface area contributed by atoms with Gasteiger partial charge in [0.25, 0.3) is 5.91 Å². The van der Waals surface area contributed by atoms with E-state index in [-0.39, 0.29) is 5.91 Å². The van der Waals surface area contributed by atoms with Crippen molar-refractivity contribution in [2.24, 2.45) is 0 Å². The Bertz CT molecular complexity index is 1400. The van der Waals surface area contributed by atoms with Gasteiger partial charge in [-0.25, -0.2) is 4.68 Å². The molecule has 0 spiro atoms. The van der Waals surface area contributed by atoms with E-state index in [9.17, 15) is 4.79 Å². The Morgan fingerprint density at radius 1 is 1.03 bits per heavy atom. The largest absolute Gasteiger partial charge is 0.489 e. The van der Waals surface area contributed by atoms with Crippen LogP contribution in [0.4, 0.5) is 11.6 Å². The van der Waals surface area contributed by atoms with E-state index in [0.29, 0.717) is 18.1 Å². The number of aromatic nitrogens is 3. The van der Waals surface area contributed by atoms with Crippen LogP contribution in [0.5, 0.6) is 5.75 Å². The normalized spacial score (nSPS) is 14.8. The minimum atomic E-state index is -0.427. The van der Waals surface area contributed by atoms with E-state index >= 15 is 0 Å². The van der Waals surface area contributed by atoms with Gasteiger partial charge in [0.15, 0.2) is 0 Å². The van der Waals surface area contributed by atoms with Crippen LogP contribution in [0.25, 0.3) is 0 Å². The first-order valence-corrected chi connectivity index (χ1v) is 11.5. The zero-order valence-corrected chi connectivity index (χ0v) is 19.9. The van der Waals surface area contributed by atoms with Crippen molar-refractivity contribution in [1.29, 1.82) is 0 Å². The molecule has 0 saturated carbocycles. The fourth-order valence-electron chi connectivity index (χ4n) is 4.31. The Hall–Kier alpha value is -4.39. The minimum Gasteiger partial charge on any atom is -0.489 e. The Morgan fingerprint density at radius 3 is 2.60 bits per heavy atom. The molecule has 0 radical (unpaired) electrons. The van der Waals surface area contributed by atoms with Crippen LogP contribution >= 0.6 is 0 Å². The average Bonchev–Trinajstić information content (AvgIpc) is 3.32. The molecule has 0 fully saturated rings. The lowest BCUT2D eigenvalue weighted by atomic mass is 9.95. The van der Waals surface area contributed by atoms with Crippen LogP contribution in [0, 0.1) is 13.8 Å². The van der Waals surface area contributed by atoms with E-state index in [1.165, 1.54) is 11.9 Å². The summed E-state index contributed by atoms with van der Waals surface area (Å²) in [5.41, 5.74) is 6.33. The fraction of sp³-hybridized carbons (Fsp3) is 0.179. The van der Waals surface area contributed by atoms with Crippen LogP contribution in [-0.2, 0) is 11.4 Å². The van der Waals surface area contributed by atoms with Gasteiger partial charge in [-0.15, -0.1) is 0 Å². The molecule has 35 heavy (non-hydrogen) atoms. The van der Waals surface area contributed by atoms with Gasteiger partial charge in [-0.3, -0.25) is 4.79 Å². The van der Waals surface area contributed by atoms with Crippen LogP contribution in [0.3, 0.4) is 0 Å².